The largest absolute Gasteiger partial charge is 0.381 e. The van der Waals surface area contributed by atoms with Crippen LogP contribution in [0.2, 0.25) is 0 Å². The molecule has 0 spiro atoms. The quantitative estimate of drug-likeness (QED) is 0.616. The maximum atomic E-state index is 10.6. The second kappa shape index (κ2) is 3.65. The SMILES string of the molecule is Cc1cc([N+](=O)[O-])ccc1-c1cc(N)no1. The number of rotatable bonds is 2. The lowest BCUT2D eigenvalue weighted by Crippen LogP contribution is -1.89. The fourth-order valence-electron chi connectivity index (χ4n) is 1.45. The van der Waals surface area contributed by atoms with E-state index in [0.717, 1.165) is 11.1 Å². The number of nitro benzene ring substituents is 1. The summed E-state index contributed by atoms with van der Waals surface area (Å²) in [7, 11) is 0. The number of anilines is 1. The average Bonchev–Trinajstić information content (AvgIpc) is 2.64. The Balaban J connectivity index is 2.47. The van der Waals surface area contributed by atoms with E-state index in [4.69, 9.17) is 10.3 Å². The van der Waals surface area contributed by atoms with Crippen molar-refractivity contribution in [2.75, 3.05) is 5.73 Å². The van der Waals surface area contributed by atoms with Crippen LogP contribution in [0.3, 0.4) is 0 Å². The molecular weight excluding hydrogens is 210 g/mol. The standard InChI is InChI=1S/C10H9N3O3/c1-6-4-7(13(14)15)2-3-8(6)9-5-10(11)12-16-9/h2-5H,1H3,(H2,11,12). The third-order valence-electron chi connectivity index (χ3n) is 2.21. The number of benzene rings is 1. The summed E-state index contributed by atoms with van der Waals surface area (Å²) >= 11 is 0. The van der Waals surface area contributed by atoms with Crippen LogP contribution in [0, 0.1) is 17.0 Å². The zero-order valence-electron chi connectivity index (χ0n) is 8.51. The molecule has 82 valence electrons. The van der Waals surface area contributed by atoms with Gasteiger partial charge in [0.05, 0.1) is 4.92 Å². The Hall–Kier alpha value is -2.37. The smallest absolute Gasteiger partial charge is 0.269 e. The number of nitrogens with two attached hydrogens (primary N) is 1. The third-order valence-corrected chi connectivity index (χ3v) is 2.21. The molecule has 0 fully saturated rings. The van der Waals surface area contributed by atoms with E-state index in [0.29, 0.717) is 5.76 Å². The van der Waals surface area contributed by atoms with Crippen molar-refractivity contribution in [3.05, 3.63) is 39.9 Å². The van der Waals surface area contributed by atoms with Gasteiger partial charge in [0.15, 0.2) is 11.6 Å². The summed E-state index contributed by atoms with van der Waals surface area (Å²) in [6.45, 7) is 1.76. The number of hydrogen-bond acceptors (Lipinski definition) is 5. The van der Waals surface area contributed by atoms with Gasteiger partial charge in [-0.15, -0.1) is 0 Å². The van der Waals surface area contributed by atoms with Gasteiger partial charge in [0, 0.05) is 23.8 Å². The summed E-state index contributed by atoms with van der Waals surface area (Å²) in [6, 6.07) is 6.09. The molecule has 2 N–H and O–H groups in total. The van der Waals surface area contributed by atoms with Crippen LogP contribution >= 0.6 is 0 Å². The monoisotopic (exact) mass is 219 g/mol. The van der Waals surface area contributed by atoms with Crippen molar-refractivity contribution in [3.8, 4) is 11.3 Å². The van der Waals surface area contributed by atoms with Crippen LogP contribution in [-0.2, 0) is 0 Å². The normalized spacial score (nSPS) is 10.3. The molecule has 2 aromatic rings. The molecule has 0 bridgehead atoms. The first-order valence-electron chi connectivity index (χ1n) is 4.55. The van der Waals surface area contributed by atoms with Crippen molar-refractivity contribution < 1.29 is 9.45 Å². The Bertz CT molecular complexity index is 548. The summed E-state index contributed by atoms with van der Waals surface area (Å²) in [4.78, 5) is 10.1. The fourth-order valence-corrected chi connectivity index (χ4v) is 1.45. The number of nitro groups is 1. The fraction of sp³-hybridized carbons (Fsp3) is 0.100. The van der Waals surface area contributed by atoms with Gasteiger partial charge >= 0.3 is 0 Å². The van der Waals surface area contributed by atoms with E-state index in [1.165, 1.54) is 12.1 Å². The van der Waals surface area contributed by atoms with Crippen molar-refractivity contribution in [1.29, 1.82) is 0 Å². The molecule has 0 aliphatic heterocycles. The Kier molecular flexibility index (Phi) is 2.32. The molecule has 1 aromatic carbocycles. The summed E-state index contributed by atoms with van der Waals surface area (Å²) in [5.74, 6) is 0.789. The van der Waals surface area contributed by atoms with Gasteiger partial charge in [-0.25, -0.2) is 0 Å². The average molecular weight is 219 g/mol. The van der Waals surface area contributed by atoms with Gasteiger partial charge in [-0.05, 0) is 18.6 Å². The molecule has 0 atom stereocenters. The molecule has 6 heteroatoms. The minimum atomic E-state index is -0.439. The van der Waals surface area contributed by atoms with E-state index in [1.54, 1.807) is 19.1 Å². The van der Waals surface area contributed by atoms with Gasteiger partial charge < -0.3 is 10.3 Å². The van der Waals surface area contributed by atoms with E-state index in [2.05, 4.69) is 5.16 Å². The molecule has 6 nitrogen and oxygen atoms in total. The molecule has 1 aromatic heterocycles. The van der Waals surface area contributed by atoms with Crippen LogP contribution in [0.5, 0.6) is 0 Å². The number of hydrogen-bond donors (Lipinski definition) is 1. The zero-order valence-corrected chi connectivity index (χ0v) is 8.51. The van der Waals surface area contributed by atoms with Crippen LogP contribution in [0.1, 0.15) is 5.56 Å². The van der Waals surface area contributed by atoms with E-state index >= 15 is 0 Å². The number of nitrogens with zero attached hydrogens (tertiary/aromatic N) is 2. The second-order valence-corrected chi connectivity index (χ2v) is 3.37. The molecule has 0 saturated heterocycles. The topological polar surface area (TPSA) is 95.2 Å². The number of aromatic nitrogens is 1. The van der Waals surface area contributed by atoms with Gasteiger partial charge in [0.25, 0.3) is 5.69 Å². The molecule has 0 aliphatic rings. The molecule has 0 radical (unpaired) electrons. The lowest BCUT2D eigenvalue weighted by Gasteiger charge is -2.00. The molecule has 0 aliphatic carbocycles. The Morgan fingerprint density at radius 1 is 1.44 bits per heavy atom. The van der Waals surface area contributed by atoms with Crippen LogP contribution in [-0.4, -0.2) is 10.1 Å². The summed E-state index contributed by atoms with van der Waals surface area (Å²) in [6.07, 6.45) is 0. The molecule has 0 unspecified atom stereocenters. The second-order valence-electron chi connectivity index (χ2n) is 3.37. The highest BCUT2D eigenvalue weighted by Gasteiger charge is 2.12. The van der Waals surface area contributed by atoms with E-state index < -0.39 is 4.92 Å². The van der Waals surface area contributed by atoms with Crippen molar-refractivity contribution in [2.45, 2.75) is 6.92 Å². The van der Waals surface area contributed by atoms with Gasteiger partial charge in [0.2, 0.25) is 0 Å². The lowest BCUT2D eigenvalue weighted by molar-refractivity contribution is -0.384. The van der Waals surface area contributed by atoms with Crippen LogP contribution in [0.15, 0.2) is 28.8 Å². The molecule has 16 heavy (non-hydrogen) atoms. The van der Waals surface area contributed by atoms with Gasteiger partial charge in [-0.3, -0.25) is 10.1 Å². The summed E-state index contributed by atoms with van der Waals surface area (Å²) in [5.41, 5.74) is 6.97. The number of non-ortho nitro benzene ring substituents is 1. The van der Waals surface area contributed by atoms with Crippen molar-refractivity contribution in [2.24, 2.45) is 0 Å². The van der Waals surface area contributed by atoms with E-state index in [-0.39, 0.29) is 11.5 Å². The highest BCUT2D eigenvalue weighted by atomic mass is 16.6. The minimum Gasteiger partial charge on any atom is -0.381 e. The Labute approximate surface area is 90.8 Å². The van der Waals surface area contributed by atoms with Crippen LogP contribution < -0.4 is 5.73 Å². The van der Waals surface area contributed by atoms with Crippen LogP contribution in [0.4, 0.5) is 11.5 Å². The van der Waals surface area contributed by atoms with Gasteiger partial charge in [-0.1, -0.05) is 5.16 Å². The number of nitrogen functional groups attached to an aromatic ring is 1. The first-order valence-corrected chi connectivity index (χ1v) is 4.55. The van der Waals surface area contributed by atoms with E-state index in [1.807, 2.05) is 0 Å². The zero-order chi connectivity index (χ0) is 11.7. The first-order chi connectivity index (χ1) is 7.58. The van der Waals surface area contributed by atoms with Gasteiger partial charge in [0.1, 0.15) is 0 Å². The number of aryl methyl sites for hydroxylation is 1. The highest BCUT2D eigenvalue weighted by Crippen LogP contribution is 2.27. The molecular formula is C10H9N3O3. The molecule has 1 heterocycles. The molecule has 0 saturated carbocycles. The third kappa shape index (κ3) is 1.72. The highest BCUT2D eigenvalue weighted by molar-refractivity contribution is 5.65. The van der Waals surface area contributed by atoms with Crippen molar-refractivity contribution in [1.82, 2.24) is 5.16 Å². The Morgan fingerprint density at radius 3 is 2.69 bits per heavy atom. The maximum Gasteiger partial charge on any atom is 0.269 e. The predicted octanol–water partition coefficient (Wildman–Crippen LogP) is 2.14. The molecule has 0 amide bonds. The van der Waals surface area contributed by atoms with Crippen molar-refractivity contribution in [3.63, 3.8) is 0 Å². The predicted molar refractivity (Wildman–Crippen MR) is 57.7 cm³/mol. The first kappa shape index (κ1) is 10.2. The van der Waals surface area contributed by atoms with Crippen LogP contribution in [0.25, 0.3) is 11.3 Å². The molecule has 2 rings (SSSR count). The minimum absolute atomic E-state index is 0.0498. The van der Waals surface area contributed by atoms with Gasteiger partial charge in [-0.2, -0.15) is 0 Å². The summed E-state index contributed by atoms with van der Waals surface area (Å²) < 4.78 is 4.99. The lowest BCUT2D eigenvalue weighted by atomic mass is 10.1. The Morgan fingerprint density at radius 2 is 2.19 bits per heavy atom. The van der Waals surface area contributed by atoms with E-state index in [9.17, 15) is 10.1 Å². The maximum absolute atomic E-state index is 10.6. The van der Waals surface area contributed by atoms with Crippen molar-refractivity contribution >= 4 is 11.5 Å². The summed E-state index contributed by atoms with van der Waals surface area (Å²) in [5, 5.41) is 14.1.